The standard InChI is InChI=1S/C14H28N2O/c1-10-6-11(2)12(3)16(8-10)14(7-15)13-4-5-17-9-13/h10-14H,4-9,15H2,1-3H3. The van der Waals surface area contributed by atoms with Gasteiger partial charge in [0.15, 0.2) is 0 Å². The maximum absolute atomic E-state index is 6.04. The summed E-state index contributed by atoms with van der Waals surface area (Å²) in [5.41, 5.74) is 6.04. The molecule has 5 unspecified atom stereocenters. The Morgan fingerprint density at radius 2 is 2.12 bits per heavy atom. The van der Waals surface area contributed by atoms with Crippen LogP contribution in [-0.4, -0.2) is 43.3 Å². The van der Waals surface area contributed by atoms with Gasteiger partial charge in [0.25, 0.3) is 0 Å². The molecule has 2 saturated heterocycles. The highest BCUT2D eigenvalue weighted by Gasteiger charge is 2.37. The van der Waals surface area contributed by atoms with E-state index in [9.17, 15) is 0 Å². The van der Waals surface area contributed by atoms with Gasteiger partial charge in [0.1, 0.15) is 0 Å². The fraction of sp³-hybridized carbons (Fsp3) is 1.00. The SMILES string of the molecule is CC1CC(C)C(C)N(C(CN)C2CCOC2)C1. The molecule has 17 heavy (non-hydrogen) atoms. The molecule has 0 radical (unpaired) electrons. The number of hydrogen-bond donors (Lipinski definition) is 1. The first kappa shape index (κ1) is 13.3. The van der Waals surface area contributed by atoms with Crippen molar-refractivity contribution in [3.05, 3.63) is 0 Å². The molecule has 0 aliphatic carbocycles. The summed E-state index contributed by atoms with van der Waals surface area (Å²) in [5, 5.41) is 0. The molecular weight excluding hydrogens is 212 g/mol. The molecule has 0 aromatic carbocycles. The lowest BCUT2D eigenvalue weighted by Gasteiger charge is -2.46. The Kier molecular flexibility index (Phi) is 4.45. The van der Waals surface area contributed by atoms with Crippen LogP contribution in [0.25, 0.3) is 0 Å². The molecule has 0 aromatic rings. The fourth-order valence-electron chi connectivity index (χ4n) is 3.65. The van der Waals surface area contributed by atoms with Crippen LogP contribution >= 0.6 is 0 Å². The van der Waals surface area contributed by atoms with Gasteiger partial charge in [-0.1, -0.05) is 13.8 Å². The van der Waals surface area contributed by atoms with E-state index in [-0.39, 0.29) is 0 Å². The van der Waals surface area contributed by atoms with Crippen LogP contribution in [0.4, 0.5) is 0 Å². The highest BCUT2D eigenvalue weighted by molar-refractivity contribution is 4.91. The van der Waals surface area contributed by atoms with Gasteiger partial charge in [0.2, 0.25) is 0 Å². The molecular formula is C14H28N2O. The smallest absolute Gasteiger partial charge is 0.0510 e. The first-order valence-electron chi connectivity index (χ1n) is 7.17. The Bertz CT molecular complexity index is 240. The zero-order valence-corrected chi connectivity index (χ0v) is 11.6. The molecule has 3 nitrogen and oxygen atoms in total. The van der Waals surface area contributed by atoms with Gasteiger partial charge < -0.3 is 10.5 Å². The van der Waals surface area contributed by atoms with Crippen molar-refractivity contribution >= 4 is 0 Å². The highest BCUT2D eigenvalue weighted by atomic mass is 16.5. The summed E-state index contributed by atoms with van der Waals surface area (Å²) in [7, 11) is 0. The van der Waals surface area contributed by atoms with Gasteiger partial charge in [-0.15, -0.1) is 0 Å². The summed E-state index contributed by atoms with van der Waals surface area (Å²) in [6.07, 6.45) is 2.55. The second-order valence-corrected chi connectivity index (χ2v) is 6.18. The highest BCUT2D eigenvalue weighted by Crippen LogP contribution is 2.32. The van der Waals surface area contributed by atoms with E-state index in [2.05, 4.69) is 25.7 Å². The Morgan fingerprint density at radius 3 is 2.71 bits per heavy atom. The van der Waals surface area contributed by atoms with E-state index in [1.807, 2.05) is 0 Å². The van der Waals surface area contributed by atoms with Crippen LogP contribution < -0.4 is 5.73 Å². The van der Waals surface area contributed by atoms with Gasteiger partial charge in [0, 0.05) is 37.7 Å². The van der Waals surface area contributed by atoms with Gasteiger partial charge in [-0.25, -0.2) is 0 Å². The first-order valence-corrected chi connectivity index (χ1v) is 7.17. The van der Waals surface area contributed by atoms with Gasteiger partial charge in [-0.05, 0) is 31.6 Å². The van der Waals surface area contributed by atoms with Crippen LogP contribution in [0.1, 0.15) is 33.6 Å². The molecule has 2 aliphatic heterocycles. The van der Waals surface area contributed by atoms with E-state index >= 15 is 0 Å². The Hall–Kier alpha value is -0.120. The minimum Gasteiger partial charge on any atom is -0.381 e. The van der Waals surface area contributed by atoms with Crippen molar-refractivity contribution in [2.24, 2.45) is 23.5 Å². The maximum atomic E-state index is 6.04. The molecule has 5 atom stereocenters. The molecule has 0 bridgehead atoms. The van der Waals surface area contributed by atoms with Crippen LogP contribution in [0.15, 0.2) is 0 Å². The Balaban J connectivity index is 2.05. The second kappa shape index (κ2) is 5.68. The number of nitrogens with zero attached hydrogens (tertiary/aromatic N) is 1. The van der Waals surface area contributed by atoms with Gasteiger partial charge in [0.05, 0.1) is 6.61 Å². The maximum Gasteiger partial charge on any atom is 0.0510 e. The Morgan fingerprint density at radius 1 is 1.35 bits per heavy atom. The monoisotopic (exact) mass is 240 g/mol. The quantitative estimate of drug-likeness (QED) is 0.816. The number of ether oxygens (including phenoxy) is 1. The van der Waals surface area contributed by atoms with Gasteiger partial charge >= 0.3 is 0 Å². The molecule has 0 amide bonds. The van der Waals surface area contributed by atoms with Crippen molar-refractivity contribution in [1.29, 1.82) is 0 Å². The van der Waals surface area contributed by atoms with E-state index in [4.69, 9.17) is 10.5 Å². The van der Waals surface area contributed by atoms with Crippen LogP contribution in [0.5, 0.6) is 0 Å². The van der Waals surface area contributed by atoms with Crippen LogP contribution in [0.2, 0.25) is 0 Å². The second-order valence-electron chi connectivity index (χ2n) is 6.18. The van der Waals surface area contributed by atoms with Crippen LogP contribution in [0, 0.1) is 17.8 Å². The number of rotatable bonds is 3. The van der Waals surface area contributed by atoms with Crippen molar-refractivity contribution in [1.82, 2.24) is 4.90 Å². The topological polar surface area (TPSA) is 38.5 Å². The molecule has 2 fully saturated rings. The molecule has 2 heterocycles. The van der Waals surface area contributed by atoms with E-state index in [1.165, 1.54) is 19.4 Å². The molecule has 2 aliphatic rings. The fourth-order valence-corrected chi connectivity index (χ4v) is 3.65. The van der Waals surface area contributed by atoms with E-state index in [0.29, 0.717) is 18.0 Å². The molecule has 2 rings (SSSR count). The molecule has 100 valence electrons. The lowest BCUT2D eigenvalue weighted by molar-refractivity contribution is 0.0173. The van der Waals surface area contributed by atoms with Crippen LogP contribution in [0.3, 0.4) is 0 Å². The lowest BCUT2D eigenvalue weighted by atomic mass is 9.83. The molecule has 0 spiro atoms. The van der Waals surface area contributed by atoms with E-state index < -0.39 is 0 Å². The normalized spacial score (nSPS) is 41.6. The van der Waals surface area contributed by atoms with Crippen LogP contribution in [-0.2, 0) is 4.74 Å². The predicted molar refractivity (Wildman–Crippen MR) is 70.9 cm³/mol. The summed E-state index contributed by atoms with van der Waals surface area (Å²) < 4.78 is 5.54. The summed E-state index contributed by atoms with van der Waals surface area (Å²) in [6, 6.07) is 1.19. The third-order valence-electron chi connectivity index (χ3n) is 4.82. The number of piperidine rings is 1. The lowest BCUT2D eigenvalue weighted by Crippen LogP contribution is -2.55. The minimum absolute atomic E-state index is 0.526. The van der Waals surface area contributed by atoms with Crippen molar-refractivity contribution in [3.63, 3.8) is 0 Å². The van der Waals surface area contributed by atoms with E-state index in [0.717, 1.165) is 31.6 Å². The van der Waals surface area contributed by atoms with Gasteiger partial charge in [-0.2, -0.15) is 0 Å². The largest absolute Gasteiger partial charge is 0.381 e. The molecule has 0 saturated carbocycles. The first-order chi connectivity index (χ1) is 8.13. The Labute approximate surface area is 106 Å². The zero-order chi connectivity index (χ0) is 12.4. The van der Waals surface area contributed by atoms with Crippen molar-refractivity contribution in [2.75, 3.05) is 26.3 Å². The third-order valence-corrected chi connectivity index (χ3v) is 4.82. The summed E-state index contributed by atoms with van der Waals surface area (Å²) in [6.45, 7) is 10.9. The zero-order valence-electron chi connectivity index (χ0n) is 11.6. The summed E-state index contributed by atoms with van der Waals surface area (Å²) in [4.78, 5) is 2.66. The summed E-state index contributed by atoms with van der Waals surface area (Å²) >= 11 is 0. The predicted octanol–water partition coefficient (Wildman–Crippen LogP) is 1.72. The third kappa shape index (κ3) is 2.83. The minimum atomic E-state index is 0.526. The average molecular weight is 240 g/mol. The van der Waals surface area contributed by atoms with Crippen molar-refractivity contribution in [3.8, 4) is 0 Å². The van der Waals surface area contributed by atoms with Gasteiger partial charge in [-0.3, -0.25) is 4.90 Å². The van der Waals surface area contributed by atoms with E-state index in [1.54, 1.807) is 0 Å². The average Bonchev–Trinajstić information content (AvgIpc) is 2.79. The van der Waals surface area contributed by atoms with Crippen molar-refractivity contribution < 1.29 is 4.74 Å². The van der Waals surface area contributed by atoms with Crippen molar-refractivity contribution in [2.45, 2.75) is 45.7 Å². The number of nitrogens with two attached hydrogens (primary N) is 1. The molecule has 0 aromatic heterocycles. The molecule has 2 N–H and O–H groups in total. The molecule has 3 heteroatoms. The summed E-state index contributed by atoms with van der Waals surface area (Å²) in [5.74, 6) is 2.24. The number of likely N-dealkylation sites (tertiary alicyclic amines) is 1. The number of hydrogen-bond acceptors (Lipinski definition) is 3.